The Morgan fingerprint density at radius 1 is 0.829 bits per heavy atom. The smallest absolute Gasteiger partial charge is 0.434 e. The molecule has 0 radical (unpaired) electrons. The molecule has 0 heterocycles. The highest BCUT2D eigenvalue weighted by Crippen LogP contribution is 2.61. The molecular weight excluding hydrogens is 444 g/mol. The van der Waals surface area contributed by atoms with Crippen LogP contribution in [-0.2, 0) is 9.53 Å². The van der Waals surface area contributed by atoms with Gasteiger partial charge in [0.1, 0.15) is 5.75 Å². The highest BCUT2D eigenvalue weighted by atomic mass is 16.7. The Balaban J connectivity index is 1.13. The third kappa shape index (κ3) is 5.50. The number of amides is 2. The predicted molar refractivity (Wildman–Crippen MR) is 132 cm³/mol. The molecule has 0 atom stereocenters. The van der Waals surface area contributed by atoms with E-state index in [0.717, 1.165) is 23.4 Å². The minimum absolute atomic E-state index is 0.0915. The number of hydrogen-bond donors (Lipinski definition) is 2. The highest BCUT2D eigenvalue weighted by molar-refractivity contribution is 6.04. The summed E-state index contributed by atoms with van der Waals surface area (Å²) in [5.41, 5.74) is 2.00. The average molecular weight is 477 g/mol. The van der Waals surface area contributed by atoms with Crippen LogP contribution in [0.2, 0.25) is 0 Å². The van der Waals surface area contributed by atoms with Gasteiger partial charge in [-0.2, -0.15) is 0 Å². The zero-order valence-electron chi connectivity index (χ0n) is 20.0. The molecule has 4 fully saturated rings. The maximum Gasteiger partial charge on any atom is 0.513 e. The number of hydrogen-bond acceptors (Lipinski definition) is 5. The fourth-order valence-corrected chi connectivity index (χ4v) is 6.81. The largest absolute Gasteiger partial charge is 0.513 e. The van der Waals surface area contributed by atoms with Crippen molar-refractivity contribution in [3.8, 4) is 5.75 Å². The molecule has 4 aliphatic carbocycles. The minimum Gasteiger partial charge on any atom is -0.434 e. The molecule has 2 amide bonds. The number of nitrogens with one attached hydrogen (secondary N) is 2. The van der Waals surface area contributed by atoms with Crippen molar-refractivity contribution in [3.63, 3.8) is 0 Å². The van der Waals surface area contributed by atoms with E-state index in [1.165, 1.54) is 50.7 Å². The molecular formula is C28H32N2O5. The van der Waals surface area contributed by atoms with Crippen LogP contribution < -0.4 is 15.4 Å². The molecule has 184 valence electrons. The van der Waals surface area contributed by atoms with Gasteiger partial charge < -0.3 is 20.1 Å². The molecule has 0 unspecified atom stereocenters. The van der Waals surface area contributed by atoms with Gasteiger partial charge in [0.05, 0.1) is 6.61 Å². The van der Waals surface area contributed by atoms with Crippen molar-refractivity contribution in [2.24, 2.45) is 23.2 Å². The Morgan fingerprint density at radius 2 is 1.37 bits per heavy atom. The number of ether oxygens (including phenoxy) is 2. The van der Waals surface area contributed by atoms with Crippen LogP contribution in [0.3, 0.4) is 0 Å². The standard InChI is InChI=1S/C28H32N2O5/c1-2-34-27(33)35-24-9-3-21(4-10-24)26(32)30-23-7-5-22(6-8-23)29-25(31)17-28-14-18-11-19(15-28)13-20(12-18)16-28/h3-10,18-20H,2,11-17H2,1H3,(H,29,31)(H,30,32). The summed E-state index contributed by atoms with van der Waals surface area (Å²) in [5.74, 6) is 2.60. The third-order valence-corrected chi connectivity index (χ3v) is 7.71. The first-order valence-corrected chi connectivity index (χ1v) is 12.6. The zero-order chi connectivity index (χ0) is 24.4. The van der Waals surface area contributed by atoms with Crippen molar-refractivity contribution in [1.82, 2.24) is 0 Å². The molecule has 2 aromatic carbocycles. The summed E-state index contributed by atoms with van der Waals surface area (Å²) in [6.07, 6.45) is 7.60. The lowest BCUT2D eigenvalue weighted by Gasteiger charge is -2.56. The van der Waals surface area contributed by atoms with Crippen molar-refractivity contribution < 1.29 is 23.9 Å². The van der Waals surface area contributed by atoms with Crippen LogP contribution in [0, 0.1) is 23.2 Å². The Morgan fingerprint density at radius 3 is 1.91 bits per heavy atom. The number of carbonyl (C=O) groups is 3. The number of carbonyl (C=O) groups excluding carboxylic acids is 3. The van der Waals surface area contributed by atoms with Gasteiger partial charge >= 0.3 is 6.16 Å². The van der Waals surface area contributed by atoms with Crippen LogP contribution in [0.25, 0.3) is 0 Å². The van der Waals surface area contributed by atoms with Gasteiger partial charge in [0, 0.05) is 23.4 Å². The molecule has 0 aliphatic heterocycles. The van der Waals surface area contributed by atoms with Gasteiger partial charge in [0.25, 0.3) is 5.91 Å². The van der Waals surface area contributed by atoms with E-state index in [2.05, 4.69) is 10.6 Å². The monoisotopic (exact) mass is 476 g/mol. The maximum absolute atomic E-state index is 12.9. The van der Waals surface area contributed by atoms with Crippen LogP contribution in [0.15, 0.2) is 48.5 Å². The molecule has 6 rings (SSSR count). The molecule has 2 N–H and O–H groups in total. The van der Waals surface area contributed by atoms with E-state index in [1.807, 2.05) is 12.1 Å². The van der Waals surface area contributed by atoms with Crippen LogP contribution in [0.5, 0.6) is 5.75 Å². The van der Waals surface area contributed by atoms with Crippen LogP contribution >= 0.6 is 0 Å². The Bertz CT molecular complexity index is 1060. The summed E-state index contributed by atoms with van der Waals surface area (Å²) in [7, 11) is 0. The van der Waals surface area contributed by atoms with Gasteiger partial charge in [0.15, 0.2) is 0 Å². The van der Waals surface area contributed by atoms with Crippen LogP contribution in [0.1, 0.15) is 62.2 Å². The van der Waals surface area contributed by atoms with Gasteiger partial charge in [-0.25, -0.2) is 4.79 Å². The van der Waals surface area contributed by atoms with Crippen molar-refractivity contribution in [1.29, 1.82) is 0 Å². The Labute approximate surface area is 205 Å². The molecule has 0 saturated heterocycles. The first-order chi connectivity index (χ1) is 16.9. The molecule has 4 saturated carbocycles. The van der Waals surface area contributed by atoms with E-state index in [-0.39, 0.29) is 23.8 Å². The first kappa shape index (κ1) is 23.4. The fourth-order valence-electron chi connectivity index (χ4n) is 6.81. The summed E-state index contributed by atoms with van der Waals surface area (Å²) in [6.45, 7) is 1.92. The topological polar surface area (TPSA) is 93.7 Å². The lowest BCUT2D eigenvalue weighted by Crippen LogP contribution is -2.47. The van der Waals surface area contributed by atoms with Gasteiger partial charge in [-0.1, -0.05) is 0 Å². The summed E-state index contributed by atoms with van der Waals surface area (Å²) in [6, 6.07) is 13.4. The third-order valence-electron chi connectivity index (χ3n) is 7.71. The molecule has 0 aromatic heterocycles. The summed E-state index contributed by atoms with van der Waals surface area (Å²) >= 11 is 0. The SMILES string of the molecule is CCOC(=O)Oc1ccc(C(=O)Nc2ccc(NC(=O)CC34CC5CC(CC(C5)C3)C4)cc2)cc1. The van der Waals surface area contributed by atoms with Gasteiger partial charge in [-0.3, -0.25) is 9.59 Å². The molecule has 2 aromatic rings. The van der Waals surface area contributed by atoms with E-state index in [0.29, 0.717) is 23.4 Å². The molecule has 4 aliphatic rings. The molecule has 4 bridgehead atoms. The Hall–Kier alpha value is -3.35. The van der Waals surface area contributed by atoms with Crippen molar-refractivity contribution in [3.05, 3.63) is 54.1 Å². The second-order valence-corrected chi connectivity index (χ2v) is 10.5. The summed E-state index contributed by atoms with van der Waals surface area (Å²) in [5, 5.41) is 5.89. The van der Waals surface area contributed by atoms with Gasteiger partial charge in [-0.15, -0.1) is 0 Å². The number of anilines is 2. The van der Waals surface area contributed by atoms with Crippen LogP contribution in [-0.4, -0.2) is 24.6 Å². The molecule has 7 nitrogen and oxygen atoms in total. The summed E-state index contributed by atoms with van der Waals surface area (Å²) in [4.78, 5) is 36.8. The zero-order valence-corrected chi connectivity index (χ0v) is 20.0. The van der Waals surface area contributed by atoms with Crippen molar-refractivity contribution >= 4 is 29.3 Å². The highest BCUT2D eigenvalue weighted by Gasteiger charge is 2.51. The second-order valence-electron chi connectivity index (χ2n) is 10.5. The quantitative estimate of drug-likeness (QED) is 0.376. The molecule has 35 heavy (non-hydrogen) atoms. The average Bonchev–Trinajstić information content (AvgIpc) is 2.79. The first-order valence-electron chi connectivity index (χ1n) is 12.6. The van der Waals surface area contributed by atoms with Gasteiger partial charge in [-0.05, 0) is 117 Å². The maximum atomic E-state index is 12.9. The predicted octanol–water partition coefficient (Wildman–Crippen LogP) is 6.02. The van der Waals surface area contributed by atoms with Crippen LogP contribution in [0.4, 0.5) is 16.2 Å². The normalized spacial score (nSPS) is 26.1. The molecule has 0 spiro atoms. The van der Waals surface area contributed by atoms with Crippen molar-refractivity contribution in [2.75, 3.05) is 17.2 Å². The lowest BCUT2D eigenvalue weighted by molar-refractivity contribution is -0.124. The summed E-state index contributed by atoms with van der Waals surface area (Å²) < 4.78 is 9.73. The molecule has 7 heteroatoms. The van der Waals surface area contributed by atoms with E-state index >= 15 is 0 Å². The Kier molecular flexibility index (Phi) is 6.50. The fraction of sp³-hybridized carbons (Fsp3) is 0.464. The van der Waals surface area contributed by atoms with E-state index < -0.39 is 6.16 Å². The second kappa shape index (κ2) is 9.72. The van der Waals surface area contributed by atoms with E-state index in [9.17, 15) is 14.4 Å². The van der Waals surface area contributed by atoms with E-state index in [4.69, 9.17) is 9.47 Å². The van der Waals surface area contributed by atoms with E-state index in [1.54, 1.807) is 31.2 Å². The minimum atomic E-state index is -0.783. The number of rotatable bonds is 7. The van der Waals surface area contributed by atoms with Gasteiger partial charge in [0.2, 0.25) is 5.91 Å². The number of benzene rings is 2. The van der Waals surface area contributed by atoms with Crippen molar-refractivity contribution in [2.45, 2.75) is 51.9 Å². The lowest BCUT2D eigenvalue weighted by atomic mass is 9.49.